The van der Waals surface area contributed by atoms with Crippen molar-refractivity contribution in [3.63, 3.8) is 0 Å². The maximum atomic E-state index is 12.7. The van der Waals surface area contributed by atoms with Gasteiger partial charge in [-0.15, -0.1) is 0 Å². The monoisotopic (exact) mass is 366 g/mol. The van der Waals surface area contributed by atoms with E-state index in [2.05, 4.69) is 22.6 Å². The van der Waals surface area contributed by atoms with Gasteiger partial charge in [0, 0.05) is 6.92 Å². The Morgan fingerprint density at radius 3 is 2.61 bits per heavy atom. The number of hydrogen-bond acceptors (Lipinski definition) is 3. The fourth-order valence-electron chi connectivity index (χ4n) is 1.44. The molecule has 5 heteroatoms. The summed E-state index contributed by atoms with van der Waals surface area (Å²) in [6.07, 6.45) is 1.48. The highest BCUT2D eigenvalue weighted by atomic mass is 127. The lowest BCUT2D eigenvalue weighted by molar-refractivity contribution is -0.148. The number of carbonyl (C=O) groups excluding carboxylic acids is 1. The van der Waals surface area contributed by atoms with E-state index in [9.17, 15) is 9.18 Å². The molecule has 0 heterocycles. The largest absolute Gasteiger partial charge is 0.490 e. The van der Waals surface area contributed by atoms with Crippen LogP contribution >= 0.6 is 22.6 Å². The Kier molecular flexibility index (Phi) is 7.00. The number of halogens is 2. The second kappa shape index (κ2) is 8.29. The Morgan fingerprint density at radius 2 is 2.06 bits per heavy atom. The van der Waals surface area contributed by atoms with Gasteiger partial charge in [-0.05, 0) is 41.5 Å². The first-order valence-electron chi connectivity index (χ1n) is 5.73. The second-order valence-corrected chi connectivity index (χ2v) is 4.91. The van der Waals surface area contributed by atoms with Crippen LogP contribution in [0.4, 0.5) is 4.39 Å². The van der Waals surface area contributed by atoms with E-state index in [1.165, 1.54) is 19.1 Å². The maximum Gasteiger partial charge on any atom is 0.303 e. The van der Waals surface area contributed by atoms with Gasteiger partial charge in [0.1, 0.15) is 24.3 Å². The molecule has 1 atom stereocenters. The summed E-state index contributed by atoms with van der Waals surface area (Å²) in [5.74, 6) is -0.0389. The van der Waals surface area contributed by atoms with E-state index in [0.29, 0.717) is 12.4 Å². The molecule has 0 aromatic heterocycles. The standard InChI is InChI=1S/C13H16FIO3/c1-10(16)18-13(3-2-8-15)9-17-12-6-4-11(14)5-7-12/h4-7,13H,2-3,8-9H2,1H3/t13-/m0/s1. The van der Waals surface area contributed by atoms with Crippen molar-refractivity contribution in [2.75, 3.05) is 11.0 Å². The van der Waals surface area contributed by atoms with Crippen LogP contribution in [-0.4, -0.2) is 23.1 Å². The van der Waals surface area contributed by atoms with Crippen molar-refractivity contribution in [2.45, 2.75) is 25.9 Å². The van der Waals surface area contributed by atoms with E-state index >= 15 is 0 Å². The number of alkyl halides is 1. The molecule has 0 amide bonds. The van der Waals surface area contributed by atoms with Crippen molar-refractivity contribution in [1.82, 2.24) is 0 Å². The fourth-order valence-corrected chi connectivity index (χ4v) is 1.88. The topological polar surface area (TPSA) is 35.5 Å². The molecule has 0 spiro atoms. The summed E-state index contributed by atoms with van der Waals surface area (Å²) in [6, 6.07) is 5.78. The number of ether oxygens (including phenoxy) is 2. The molecule has 0 fully saturated rings. The van der Waals surface area contributed by atoms with Gasteiger partial charge in [-0.3, -0.25) is 4.79 Å². The van der Waals surface area contributed by atoms with Gasteiger partial charge in [-0.2, -0.15) is 0 Å². The van der Waals surface area contributed by atoms with E-state index in [4.69, 9.17) is 9.47 Å². The Labute approximate surface area is 120 Å². The first-order valence-corrected chi connectivity index (χ1v) is 7.26. The lowest BCUT2D eigenvalue weighted by Crippen LogP contribution is -2.24. The Morgan fingerprint density at radius 1 is 1.39 bits per heavy atom. The third-order valence-corrected chi connectivity index (χ3v) is 3.00. The van der Waals surface area contributed by atoms with Crippen molar-refractivity contribution < 1.29 is 18.7 Å². The van der Waals surface area contributed by atoms with Crippen LogP contribution in [0.3, 0.4) is 0 Å². The minimum absolute atomic E-state index is 0.248. The van der Waals surface area contributed by atoms with Crippen LogP contribution in [-0.2, 0) is 9.53 Å². The summed E-state index contributed by atoms with van der Waals surface area (Å²) in [4.78, 5) is 10.9. The van der Waals surface area contributed by atoms with Crippen LogP contribution in [0.25, 0.3) is 0 Å². The summed E-state index contributed by atoms with van der Waals surface area (Å²) >= 11 is 2.28. The van der Waals surface area contributed by atoms with Gasteiger partial charge in [-0.25, -0.2) is 4.39 Å². The van der Waals surface area contributed by atoms with Gasteiger partial charge in [-0.1, -0.05) is 22.6 Å². The predicted octanol–water partition coefficient (Wildman–Crippen LogP) is 3.35. The SMILES string of the molecule is CC(=O)O[C@@H](CCCI)COc1ccc(F)cc1. The Hall–Kier alpha value is -0.850. The number of esters is 1. The van der Waals surface area contributed by atoms with E-state index < -0.39 is 0 Å². The van der Waals surface area contributed by atoms with E-state index in [0.717, 1.165) is 17.3 Å². The van der Waals surface area contributed by atoms with Crippen LogP contribution in [0.2, 0.25) is 0 Å². The molecule has 0 radical (unpaired) electrons. The van der Waals surface area contributed by atoms with Gasteiger partial charge in [0.15, 0.2) is 0 Å². The van der Waals surface area contributed by atoms with Crippen molar-refractivity contribution in [3.05, 3.63) is 30.1 Å². The lowest BCUT2D eigenvalue weighted by atomic mass is 10.2. The van der Waals surface area contributed by atoms with Gasteiger partial charge in [0.05, 0.1) is 0 Å². The first-order chi connectivity index (χ1) is 8.61. The molecule has 1 aromatic rings. The molecule has 18 heavy (non-hydrogen) atoms. The summed E-state index contributed by atoms with van der Waals surface area (Å²) < 4.78 is 24.3. The molecule has 1 rings (SSSR count). The molecule has 0 bridgehead atoms. The van der Waals surface area contributed by atoms with Gasteiger partial charge >= 0.3 is 5.97 Å². The van der Waals surface area contributed by atoms with Crippen LogP contribution in [0.15, 0.2) is 24.3 Å². The van der Waals surface area contributed by atoms with E-state index in [1.54, 1.807) is 12.1 Å². The smallest absolute Gasteiger partial charge is 0.303 e. The highest BCUT2D eigenvalue weighted by Gasteiger charge is 2.12. The van der Waals surface area contributed by atoms with E-state index in [1.807, 2.05) is 0 Å². The van der Waals surface area contributed by atoms with Gasteiger partial charge in [0.25, 0.3) is 0 Å². The molecular weight excluding hydrogens is 350 g/mol. The average Bonchev–Trinajstić information content (AvgIpc) is 2.34. The molecule has 0 saturated heterocycles. The quantitative estimate of drug-likeness (QED) is 0.422. The van der Waals surface area contributed by atoms with Gasteiger partial charge in [0.2, 0.25) is 0 Å². The van der Waals surface area contributed by atoms with Crippen molar-refractivity contribution in [1.29, 1.82) is 0 Å². The predicted molar refractivity (Wildman–Crippen MR) is 75.6 cm³/mol. The van der Waals surface area contributed by atoms with Gasteiger partial charge < -0.3 is 9.47 Å². The summed E-state index contributed by atoms with van der Waals surface area (Å²) in [5.41, 5.74) is 0. The molecule has 1 aromatic carbocycles. The van der Waals surface area contributed by atoms with Crippen molar-refractivity contribution in [3.8, 4) is 5.75 Å². The molecule has 0 aliphatic heterocycles. The molecule has 100 valence electrons. The molecule has 0 aliphatic rings. The number of carbonyl (C=O) groups is 1. The minimum Gasteiger partial charge on any atom is -0.490 e. The summed E-state index contributed by atoms with van der Waals surface area (Å²) in [7, 11) is 0. The normalized spacial score (nSPS) is 11.9. The molecule has 0 saturated carbocycles. The highest BCUT2D eigenvalue weighted by Crippen LogP contribution is 2.13. The highest BCUT2D eigenvalue weighted by molar-refractivity contribution is 14.1. The molecule has 3 nitrogen and oxygen atoms in total. The number of hydrogen-bond donors (Lipinski definition) is 0. The number of benzene rings is 1. The van der Waals surface area contributed by atoms with Crippen LogP contribution in [0, 0.1) is 5.82 Å². The third-order valence-electron chi connectivity index (χ3n) is 2.24. The molecule has 0 N–H and O–H groups in total. The van der Waals surface area contributed by atoms with Crippen molar-refractivity contribution >= 4 is 28.6 Å². The Bertz CT molecular complexity index is 367. The lowest BCUT2D eigenvalue weighted by Gasteiger charge is -2.17. The van der Waals surface area contributed by atoms with Crippen LogP contribution < -0.4 is 4.74 Å². The summed E-state index contributed by atoms with van der Waals surface area (Å²) in [5, 5.41) is 0. The Balaban J connectivity index is 2.44. The number of rotatable bonds is 7. The van der Waals surface area contributed by atoms with Crippen LogP contribution in [0.1, 0.15) is 19.8 Å². The zero-order valence-electron chi connectivity index (χ0n) is 10.2. The zero-order chi connectivity index (χ0) is 13.4. The first kappa shape index (κ1) is 15.2. The van der Waals surface area contributed by atoms with Crippen molar-refractivity contribution in [2.24, 2.45) is 0 Å². The molecule has 0 unspecified atom stereocenters. The second-order valence-electron chi connectivity index (χ2n) is 3.83. The fraction of sp³-hybridized carbons (Fsp3) is 0.462. The van der Waals surface area contributed by atoms with Crippen LogP contribution in [0.5, 0.6) is 5.75 Å². The zero-order valence-corrected chi connectivity index (χ0v) is 12.4. The molecular formula is C13H16FIO3. The third kappa shape index (κ3) is 6.18. The summed E-state index contributed by atoms with van der Waals surface area (Å²) in [6.45, 7) is 1.68. The van der Waals surface area contributed by atoms with E-state index in [-0.39, 0.29) is 17.9 Å². The maximum absolute atomic E-state index is 12.7. The average molecular weight is 366 g/mol. The minimum atomic E-state index is -0.309. The molecule has 0 aliphatic carbocycles.